The number of rotatable bonds is 3. The summed E-state index contributed by atoms with van der Waals surface area (Å²) in [5, 5.41) is 7.61. The van der Waals surface area contributed by atoms with Crippen molar-refractivity contribution in [1.82, 2.24) is 24.6 Å². The van der Waals surface area contributed by atoms with Gasteiger partial charge >= 0.3 is 0 Å². The fourth-order valence-electron chi connectivity index (χ4n) is 3.63. The Bertz CT molecular complexity index is 801. The highest BCUT2D eigenvalue weighted by atomic mass is 16.5. The number of hydrogen-bond acceptors (Lipinski definition) is 5. The Hall–Kier alpha value is -2.74. The Balaban J connectivity index is 1.42. The highest BCUT2D eigenvalue weighted by Crippen LogP contribution is 2.17. The van der Waals surface area contributed by atoms with E-state index in [1.54, 1.807) is 17.2 Å². The van der Waals surface area contributed by atoms with E-state index in [1.807, 2.05) is 34.1 Å². The van der Waals surface area contributed by atoms with Crippen LogP contribution in [0.5, 0.6) is 0 Å². The molecule has 8 heteroatoms. The summed E-state index contributed by atoms with van der Waals surface area (Å²) < 4.78 is 7.28. The lowest BCUT2D eigenvalue weighted by Gasteiger charge is -2.24. The molecule has 142 valence electrons. The molecule has 2 amide bonds. The number of benzene rings is 1. The van der Waals surface area contributed by atoms with Gasteiger partial charge in [0.1, 0.15) is 18.8 Å². The van der Waals surface area contributed by atoms with E-state index in [2.05, 4.69) is 10.2 Å². The summed E-state index contributed by atoms with van der Waals surface area (Å²) in [5.74, 6) is 0.0488. The van der Waals surface area contributed by atoms with Crippen LogP contribution in [0.15, 0.2) is 36.9 Å². The minimum Gasteiger partial charge on any atom is -0.368 e. The first-order valence-electron chi connectivity index (χ1n) is 9.37. The second-order valence-electron chi connectivity index (χ2n) is 6.89. The van der Waals surface area contributed by atoms with Gasteiger partial charge in [-0.2, -0.15) is 0 Å². The van der Waals surface area contributed by atoms with Gasteiger partial charge in [0, 0.05) is 44.0 Å². The lowest BCUT2D eigenvalue weighted by Crippen LogP contribution is -2.41. The molecule has 0 saturated carbocycles. The molecular weight excluding hydrogens is 346 g/mol. The van der Waals surface area contributed by atoms with Crippen molar-refractivity contribution in [3.05, 3.63) is 42.5 Å². The molecule has 0 aliphatic carbocycles. The summed E-state index contributed by atoms with van der Waals surface area (Å²) in [5.41, 5.74) is 1.47. The molecule has 2 aliphatic rings. The van der Waals surface area contributed by atoms with E-state index in [4.69, 9.17) is 4.74 Å². The molecular formula is C19H23N5O3. The minimum atomic E-state index is -0.298. The number of aromatic nitrogens is 3. The van der Waals surface area contributed by atoms with E-state index in [0.717, 1.165) is 24.9 Å². The van der Waals surface area contributed by atoms with E-state index in [1.165, 1.54) is 0 Å². The normalized spacial score (nSPS) is 20.5. The van der Waals surface area contributed by atoms with Gasteiger partial charge in [-0.15, -0.1) is 10.2 Å². The molecule has 27 heavy (non-hydrogen) atoms. The van der Waals surface area contributed by atoms with E-state index in [9.17, 15) is 9.59 Å². The Morgan fingerprint density at radius 3 is 2.56 bits per heavy atom. The Labute approximate surface area is 157 Å². The summed E-state index contributed by atoms with van der Waals surface area (Å²) in [4.78, 5) is 29.2. The Morgan fingerprint density at radius 1 is 1.00 bits per heavy atom. The van der Waals surface area contributed by atoms with Crippen LogP contribution in [0, 0.1) is 0 Å². The first-order chi connectivity index (χ1) is 13.2. The quantitative estimate of drug-likeness (QED) is 0.810. The average Bonchev–Trinajstić information content (AvgIpc) is 3.38. The van der Waals surface area contributed by atoms with E-state index >= 15 is 0 Å². The molecule has 0 unspecified atom stereocenters. The molecule has 0 radical (unpaired) electrons. The van der Waals surface area contributed by atoms with Gasteiger partial charge < -0.3 is 14.5 Å². The Kier molecular flexibility index (Phi) is 5.15. The summed E-state index contributed by atoms with van der Waals surface area (Å²) in [6, 6.07) is 7.42. The van der Waals surface area contributed by atoms with E-state index in [-0.39, 0.29) is 17.9 Å². The second kappa shape index (κ2) is 7.87. The van der Waals surface area contributed by atoms with Crippen LogP contribution in [0.3, 0.4) is 0 Å². The van der Waals surface area contributed by atoms with Crippen LogP contribution < -0.4 is 0 Å². The van der Waals surface area contributed by atoms with Gasteiger partial charge in [0.25, 0.3) is 11.8 Å². The molecule has 2 fully saturated rings. The molecule has 0 bridgehead atoms. The van der Waals surface area contributed by atoms with Crippen LogP contribution in [0.4, 0.5) is 0 Å². The van der Waals surface area contributed by atoms with Crippen LogP contribution in [-0.4, -0.2) is 75.3 Å². The molecule has 1 aromatic carbocycles. The van der Waals surface area contributed by atoms with Crippen molar-refractivity contribution in [2.75, 3.05) is 32.8 Å². The van der Waals surface area contributed by atoms with Crippen molar-refractivity contribution in [2.24, 2.45) is 0 Å². The van der Waals surface area contributed by atoms with Crippen LogP contribution in [0.1, 0.15) is 29.6 Å². The molecule has 1 aromatic heterocycles. The lowest BCUT2D eigenvalue weighted by atomic mass is 10.1. The molecule has 2 aromatic rings. The highest BCUT2D eigenvalue weighted by Gasteiger charge is 2.30. The summed E-state index contributed by atoms with van der Waals surface area (Å²) in [7, 11) is 0. The molecule has 2 aliphatic heterocycles. The van der Waals surface area contributed by atoms with Crippen molar-refractivity contribution < 1.29 is 14.3 Å². The SMILES string of the molecule is O=C(c1cccc(-n2cnnc2)c1)N1CCCN(C(=O)[C@@H]2CCCO2)CC1. The third kappa shape index (κ3) is 3.85. The van der Waals surface area contributed by atoms with Gasteiger partial charge in [0.05, 0.1) is 0 Å². The topological polar surface area (TPSA) is 80.6 Å². The summed E-state index contributed by atoms with van der Waals surface area (Å²) >= 11 is 0. The molecule has 3 heterocycles. The number of amides is 2. The minimum absolute atomic E-state index is 0.0173. The molecule has 1 atom stereocenters. The maximum absolute atomic E-state index is 13.0. The third-order valence-electron chi connectivity index (χ3n) is 5.11. The zero-order valence-corrected chi connectivity index (χ0v) is 15.2. The largest absolute Gasteiger partial charge is 0.368 e. The van der Waals surface area contributed by atoms with Crippen LogP contribution in [0.2, 0.25) is 0 Å². The molecule has 0 spiro atoms. The zero-order chi connectivity index (χ0) is 18.6. The second-order valence-corrected chi connectivity index (χ2v) is 6.89. The predicted molar refractivity (Wildman–Crippen MR) is 97.4 cm³/mol. The van der Waals surface area contributed by atoms with Crippen LogP contribution >= 0.6 is 0 Å². The summed E-state index contributed by atoms with van der Waals surface area (Å²) in [6.07, 6.45) is 5.42. The van der Waals surface area contributed by atoms with Crippen LogP contribution in [-0.2, 0) is 9.53 Å². The number of carbonyl (C=O) groups excluding carboxylic acids is 2. The molecule has 8 nitrogen and oxygen atoms in total. The van der Waals surface area contributed by atoms with Crippen molar-refractivity contribution in [2.45, 2.75) is 25.4 Å². The van der Waals surface area contributed by atoms with Crippen molar-refractivity contribution in [1.29, 1.82) is 0 Å². The Morgan fingerprint density at radius 2 is 1.78 bits per heavy atom. The van der Waals surface area contributed by atoms with Gasteiger partial charge in [-0.3, -0.25) is 14.2 Å². The maximum atomic E-state index is 13.0. The summed E-state index contributed by atoms with van der Waals surface area (Å²) in [6.45, 7) is 3.07. The fourth-order valence-corrected chi connectivity index (χ4v) is 3.63. The number of carbonyl (C=O) groups is 2. The van der Waals surface area contributed by atoms with Crippen molar-refractivity contribution >= 4 is 11.8 Å². The standard InChI is InChI=1S/C19H23N5O3/c25-18(15-4-1-5-16(12-15)24-13-20-21-14-24)22-7-3-8-23(10-9-22)19(26)17-6-2-11-27-17/h1,4-5,12-14,17H,2-3,6-11H2/t17-/m0/s1. The molecule has 2 saturated heterocycles. The highest BCUT2D eigenvalue weighted by molar-refractivity contribution is 5.94. The zero-order valence-electron chi connectivity index (χ0n) is 15.2. The number of hydrogen-bond donors (Lipinski definition) is 0. The smallest absolute Gasteiger partial charge is 0.253 e. The first kappa shape index (κ1) is 17.7. The first-order valence-corrected chi connectivity index (χ1v) is 9.37. The molecule has 4 rings (SSSR count). The van der Waals surface area contributed by atoms with Gasteiger partial charge in [-0.05, 0) is 37.5 Å². The van der Waals surface area contributed by atoms with E-state index in [0.29, 0.717) is 38.3 Å². The lowest BCUT2D eigenvalue weighted by molar-refractivity contribution is -0.140. The van der Waals surface area contributed by atoms with Gasteiger partial charge in [0.15, 0.2) is 0 Å². The monoisotopic (exact) mass is 369 g/mol. The van der Waals surface area contributed by atoms with E-state index < -0.39 is 0 Å². The van der Waals surface area contributed by atoms with Crippen LogP contribution in [0.25, 0.3) is 5.69 Å². The number of ether oxygens (including phenoxy) is 1. The van der Waals surface area contributed by atoms with Crippen molar-refractivity contribution in [3.8, 4) is 5.69 Å². The van der Waals surface area contributed by atoms with Gasteiger partial charge in [0.2, 0.25) is 0 Å². The predicted octanol–water partition coefficient (Wildman–Crippen LogP) is 1.12. The van der Waals surface area contributed by atoms with Gasteiger partial charge in [-0.1, -0.05) is 6.07 Å². The maximum Gasteiger partial charge on any atom is 0.253 e. The van der Waals surface area contributed by atoms with Gasteiger partial charge in [-0.25, -0.2) is 0 Å². The van der Waals surface area contributed by atoms with Crippen molar-refractivity contribution in [3.63, 3.8) is 0 Å². The molecule has 0 N–H and O–H groups in total. The fraction of sp³-hybridized carbons (Fsp3) is 0.474. The number of nitrogens with zero attached hydrogens (tertiary/aromatic N) is 5. The average molecular weight is 369 g/mol. The third-order valence-corrected chi connectivity index (χ3v) is 5.11.